The van der Waals surface area contributed by atoms with Crippen LogP contribution >= 0.6 is 0 Å². The van der Waals surface area contributed by atoms with Gasteiger partial charge in [0, 0.05) is 12.4 Å². The van der Waals surface area contributed by atoms with Gasteiger partial charge in [-0.05, 0) is 12.1 Å². The number of ether oxygens (including phenoxy) is 3. The van der Waals surface area contributed by atoms with Gasteiger partial charge < -0.3 is 14.2 Å². The van der Waals surface area contributed by atoms with Gasteiger partial charge in [-0.3, -0.25) is 0 Å². The topological polar surface area (TPSA) is 77.3 Å². The molecule has 2 rings (SSSR count). The minimum absolute atomic E-state index is 0.0930. The van der Waals surface area contributed by atoms with Crippen LogP contribution in [-0.2, 0) is 0 Å². The zero-order chi connectivity index (χ0) is 13.7. The summed E-state index contributed by atoms with van der Waals surface area (Å²) in [5.41, 5.74) is 0.0930. The van der Waals surface area contributed by atoms with Crippen molar-refractivity contribution < 1.29 is 14.2 Å². The first-order chi connectivity index (χ1) is 9.30. The number of nitriles is 1. The molecule has 0 aliphatic rings. The molecule has 0 saturated heterocycles. The van der Waals surface area contributed by atoms with Gasteiger partial charge in [0.25, 0.3) is 5.88 Å². The number of aromatic nitrogens is 2. The van der Waals surface area contributed by atoms with Crippen LogP contribution in [0.4, 0.5) is 0 Å². The lowest BCUT2D eigenvalue weighted by atomic mass is 10.3. The molecule has 6 heteroatoms. The molecule has 19 heavy (non-hydrogen) atoms. The minimum Gasteiger partial charge on any atom is -0.493 e. The van der Waals surface area contributed by atoms with Crippen molar-refractivity contribution in [2.75, 3.05) is 14.2 Å². The first-order valence-corrected chi connectivity index (χ1v) is 5.40. The SMILES string of the molecule is COc1cccc(OC)c1Oc1nccnc1C#N. The molecule has 0 N–H and O–H groups in total. The second-order valence-corrected chi connectivity index (χ2v) is 3.42. The Hall–Kier alpha value is -2.81. The van der Waals surface area contributed by atoms with Gasteiger partial charge in [0.15, 0.2) is 11.5 Å². The third-order valence-electron chi connectivity index (χ3n) is 2.35. The van der Waals surface area contributed by atoms with E-state index in [0.717, 1.165) is 0 Å². The molecule has 1 aromatic carbocycles. The van der Waals surface area contributed by atoms with Crippen LogP contribution < -0.4 is 14.2 Å². The Balaban J connectivity index is 2.46. The smallest absolute Gasteiger partial charge is 0.256 e. The molecule has 0 saturated carbocycles. The molecule has 0 unspecified atom stereocenters. The molecule has 0 atom stereocenters. The molecular formula is C13H11N3O3. The zero-order valence-corrected chi connectivity index (χ0v) is 10.5. The fourth-order valence-corrected chi connectivity index (χ4v) is 1.49. The second kappa shape index (κ2) is 5.69. The van der Waals surface area contributed by atoms with Crippen molar-refractivity contribution >= 4 is 0 Å². The molecular weight excluding hydrogens is 246 g/mol. The summed E-state index contributed by atoms with van der Waals surface area (Å²) in [5.74, 6) is 1.42. The normalized spacial score (nSPS) is 9.53. The monoisotopic (exact) mass is 257 g/mol. The maximum Gasteiger partial charge on any atom is 0.256 e. The van der Waals surface area contributed by atoms with E-state index in [4.69, 9.17) is 19.5 Å². The summed E-state index contributed by atoms with van der Waals surface area (Å²) in [7, 11) is 3.03. The predicted octanol–water partition coefficient (Wildman–Crippen LogP) is 2.16. The number of rotatable bonds is 4. The molecule has 2 aromatic rings. The Bertz CT molecular complexity index is 601. The highest BCUT2D eigenvalue weighted by Gasteiger charge is 2.15. The van der Waals surface area contributed by atoms with Gasteiger partial charge in [0.1, 0.15) is 6.07 Å². The fraction of sp³-hybridized carbons (Fsp3) is 0.154. The fourth-order valence-electron chi connectivity index (χ4n) is 1.49. The van der Waals surface area contributed by atoms with Crippen LogP contribution in [-0.4, -0.2) is 24.2 Å². The van der Waals surface area contributed by atoms with E-state index in [-0.39, 0.29) is 11.6 Å². The van der Waals surface area contributed by atoms with Crippen molar-refractivity contribution in [1.29, 1.82) is 5.26 Å². The van der Waals surface area contributed by atoms with Crippen LogP contribution in [0.3, 0.4) is 0 Å². The molecule has 0 aliphatic carbocycles. The molecule has 1 aromatic heterocycles. The van der Waals surface area contributed by atoms with Crippen molar-refractivity contribution in [2.24, 2.45) is 0 Å². The highest BCUT2D eigenvalue weighted by atomic mass is 16.5. The second-order valence-electron chi connectivity index (χ2n) is 3.42. The van der Waals surface area contributed by atoms with E-state index in [9.17, 15) is 0 Å². The Labute approximate surface area is 110 Å². The summed E-state index contributed by atoms with van der Waals surface area (Å²) in [4.78, 5) is 7.85. The summed E-state index contributed by atoms with van der Waals surface area (Å²) in [5, 5.41) is 8.95. The average Bonchev–Trinajstić information content (AvgIpc) is 2.48. The van der Waals surface area contributed by atoms with E-state index in [1.165, 1.54) is 26.6 Å². The zero-order valence-electron chi connectivity index (χ0n) is 10.5. The van der Waals surface area contributed by atoms with Crippen molar-refractivity contribution in [3.05, 3.63) is 36.3 Å². The molecule has 0 radical (unpaired) electrons. The lowest BCUT2D eigenvalue weighted by molar-refractivity contribution is 0.341. The van der Waals surface area contributed by atoms with E-state index in [2.05, 4.69) is 9.97 Å². The third-order valence-corrected chi connectivity index (χ3v) is 2.35. The highest BCUT2D eigenvalue weighted by molar-refractivity contribution is 5.53. The number of methoxy groups -OCH3 is 2. The third kappa shape index (κ3) is 2.55. The maximum atomic E-state index is 8.95. The van der Waals surface area contributed by atoms with Gasteiger partial charge in [-0.25, -0.2) is 9.97 Å². The quantitative estimate of drug-likeness (QED) is 0.835. The molecule has 6 nitrogen and oxygen atoms in total. The van der Waals surface area contributed by atoms with Crippen LogP contribution in [0.15, 0.2) is 30.6 Å². The molecule has 0 amide bonds. The Kier molecular flexibility index (Phi) is 3.78. The molecule has 0 spiro atoms. The molecule has 0 bridgehead atoms. The first-order valence-electron chi connectivity index (χ1n) is 5.40. The van der Waals surface area contributed by atoms with Gasteiger partial charge in [-0.15, -0.1) is 0 Å². The summed E-state index contributed by atoms with van der Waals surface area (Å²) in [6.07, 6.45) is 2.86. The summed E-state index contributed by atoms with van der Waals surface area (Å²) in [6, 6.07) is 7.13. The molecule has 96 valence electrons. The van der Waals surface area contributed by atoms with E-state index in [1.807, 2.05) is 6.07 Å². The van der Waals surface area contributed by atoms with Gasteiger partial charge in [0.2, 0.25) is 11.4 Å². The largest absolute Gasteiger partial charge is 0.493 e. The van der Waals surface area contributed by atoms with Crippen LogP contribution in [0.5, 0.6) is 23.1 Å². The van der Waals surface area contributed by atoms with E-state index in [0.29, 0.717) is 17.2 Å². The number of hydrogen-bond acceptors (Lipinski definition) is 6. The van der Waals surface area contributed by atoms with Crippen LogP contribution in [0.1, 0.15) is 5.69 Å². The predicted molar refractivity (Wildman–Crippen MR) is 66.4 cm³/mol. The summed E-state index contributed by atoms with van der Waals surface area (Å²) in [6.45, 7) is 0. The lowest BCUT2D eigenvalue weighted by Crippen LogP contribution is -1.98. The maximum absolute atomic E-state index is 8.95. The number of hydrogen-bond donors (Lipinski definition) is 0. The molecule has 0 aliphatic heterocycles. The van der Waals surface area contributed by atoms with Crippen LogP contribution in [0.25, 0.3) is 0 Å². The standard InChI is InChI=1S/C13H11N3O3/c1-17-10-4-3-5-11(18-2)12(10)19-13-9(8-14)15-6-7-16-13/h3-7H,1-2H3. The van der Waals surface area contributed by atoms with Gasteiger partial charge in [-0.1, -0.05) is 6.07 Å². The van der Waals surface area contributed by atoms with E-state index < -0.39 is 0 Å². The van der Waals surface area contributed by atoms with Gasteiger partial charge in [0.05, 0.1) is 14.2 Å². The van der Waals surface area contributed by atoms with Gasteiger partial charge in [-0.2, -0.15) is 5.26 Å². The van der Waals surface area contributed by atoms with Gasteiger partial charge >= 0.3 is 0 Å². The lowest BCUT2D eigenvalue weighted by Gasteiger charge is -2.13. The van der Waals surface area contributed by atoms with E-state index >= 15 is 0 Å². The summed E-state index contributed by atoms with van der Waals surface area (Å²) >= 11 is 0. The Morgan fingerprint density at radius 2 is 1.68 bits per heavy atom. The summed E-state index contributed by atoms with van der Waals surface area (Å²) < 4.78 is 16.0. The minimum atomic E-state index is 0.0930. The van der Waals surface area contributed by atoms with Crippen LogP contribution in [0, 0.1) is 11.3 Å². The molecule has 1 heterocycles. The van der Waals surface area contributed by atoms with Crippen molar-refractivity contribution in [3.8, 4) is 29.2 Å². The first kappa shape index (κ1) is 12.6. The van der Waals surface area contributed by atoms with Crippen LogP contribution in [0.2, 0.25) is 0 Å². The Morgan fingerprint density at radius 1 is 1.05 bits per heavy atom. The van der Waals surface area contributed by atoms with Crippen molar-refractivity contribution in [1.82, 2.24) is 9.97 Å². The van der Waals surface area contributed by atoms with Crippen molar-refractivity contribution in [3.63, 3.8) is 0 Å². The number of nitrogens with zero attached hydrogens (tertiary/aromatic N) is 3. The number of para-hydroxylation sites is 1. The van der Waals surface area contributed by atoms with E-state index in [1.54, 1.807) is 18.2 Å². The average molecular weight is 257 g/mol. The van der Waals surface area contributed by atoms with Crippen molar-refractivity contribution in [2.45, 2.75) is 0 Å². The molecule has 0 fully saturated rings. The highest BCUT2D eigenvalue weighted by Crippen LogP contribution is 2.39. The number of benzene rings is 1. The Morgan fingerprint density at radius 3 is 2.26 bits per heavy atom.